The molecule has 3 rings (SSSR count). The topological polar surface area (TPSA) is 45.1 Å². The largest absolute Gasteiger partial charge is 0.393 e. The fourth-order valence-corrected chi connectivity index (χ4v) is 2.87. The van der Waals surface area contributed by atoms with Crippen LogP contribution in [0.3, 0.4) is 0 Å². The number of aliphatic hydroxyl groups excluding tert-OH is 1. The maximum Gasteiger partial charge on any atom is 0.0725 e. The quantitative estimate of drug-likeness (QED) is 0.867. The van der Waals surface area contributed by atoms with Crippen LogP contribution in [0.15, 0.2) is 30.3 Å². The van der Waals surface area contributed by atoms with Crippen LogP contribution in [0.2, 0.25) is 0 Å². The SMILES string of the molecule is Cc1cc(NC2CCC(O)CC2)c2ccccc2n1. The Morgan fingerprint density at radius 3 is 2.68 bits per heavy atom. The van der Waals surface area contributed by atoms with Crippen molar-refractivity contribution in [3.8, 4) is 0 Å². The minimum atomic E-state index is -0.103. The van der Waals surface area contributed by atoms with Crippen LogP contribution in [0.5, 0.6) is 0 Å². The van der Waals surface area contributed by atoms with Crippen molar-refractivity contribution in [3.05, 3.63) is 36.0 Å². The lowest BCUT2D eigenvalue weighted by Crippen LogP contribution is -2.28. The molecule has 0 atom stereocenters. The third-order valence-corrected chi connectivity index (χ3v) is 3.90. The molecule has 0 amide bonds. The van der Waals surface area contributed by atoms with Gasteiger partial charge in [-0.25, -0.2) is 0 Å². The number of aliphatic hydroxyl groups is 1. The Morgan fingerprint density at radius 2 is 1.89 bits per heavy atom. The van der Waals surface area contributed by atoms with Gasteiger partial charge in [0.1, 0.15) is 0 Å². The van der Waals surface area contributed by atoms with Gasteiger partial charge in [-0.15, -0.1) is 0 Å². The number of pyridine rings is 1. The molecule has 2 aromatic rings. The molecule has 1 aliphatic carbocycles. The number of hydrogen-bond donors (Lipinski definition) is 2. The number of nitrogens with zero attached hydrogens (tertiary/aromatic N) is 1. The van der Waals surface area contributed by atoms with Gasteiger partial charge in [-0.2, -0.15) is 0 Å². The van der Waals surface area contributed by atoms with Crippen LogP contribution in [0.25, 0.3) is 10.9 Å². The standard InChI is InChI=1S/C16H20N2O/c1-11-10-16(14-4-2-3-5-15(14)17-11)18-12-6-8-13(19)9-7-12/h2-5,10,12-13,19H,6-9H2,1H3,(H,17,18). The van der Waals surface area contributed by atoms with E-state index in [0.29, 0.717) is 6.04 Å². The fraction of sp³-hybridized carbons (Fsp3) is 0.438. The molecule has 0 unspecified atom stereocenters. The second-order valence-electron chi connectivity index (χ2n) is 5.48. The van der Waals surface area contributed by atoms with Gasteiger partial charge < -0.3 is 10.4 Å². The minimum absolute atomic E-state index is 0.103. The Kier molecular flexibility index (Phi) is 3.38. The minimum Gasteiger partial charge on any atom is -0.393 e. The molecule has 19 heavy (non-hydrogen) atoms. The molecule has 1 saturated carbocycles. The number of nitrogens with one attached hydrogen (secondary N) is 1. The van der Waals surface area contributed by atoms with Crippen LogP contribution in [-0.4, -0.2) is 22.2 Å². The van der Waals surface area contributed by atoms with Crippen LogP contribution >= 0.6 is 0 Å². The molecule has 1 aromatic carbocycles. The van der Waals surface area contributed by atoms with Crippen LogP contribution in [0.4, 0.5) is 5.69 Å². The third-order valence-electron chi connectivity index (χ3n) is 3.90. The zero-order valence-corrected chi connectivity index (χ0v) is 11.3. The molecule has 0 bridgehead atoms. The van der Waals surface area contributed by atoms with Gasteiger partial charge in [0.25, 0.3) is 0 Å². The van der Waals surface area contributed by atoms with Crippen molar-refractivity contribution in [3.63, 3.8) is 0 Å². The second kappa shape index (κ2) is 5.17. The van der Waals surface area contributed by atoms with Crippen LogP contribution < -0.4 is 5.32 Å². The Morgan fingerprint density at radius 1 is 1.16 bits per heavy atom. The van der Waals surface area contributed by atoms with Gasteiger partial charge in [0.15, 0.2) is 0 Å². The van der Waals surface area contributed by atoms with E-state index < -0.39 is 0 Å². The van der Waals surface area contributed by atoms with Gasteiger partial charge in [0, 0.05) is 22.8 Å². The number of aromatic nitrogens is 1. The Balaban J connectivity index is 1.88. The van der Waals surface area contributed by atoms with Gasteiger partial charge >= 0.3 is 0 Å². The zero-order chi connectivity index (χ0) is 13.2. The zero-order valence-electron chi connectivity index (χ0n) is 11.3. The first-order chi connectivity index (χ1) is 9.22. The molecule has 2 N–H and O–H groups in total. The van der Waals surface area contributed by atoms with Gasteiger partial charge in [0.05, 0.1) is 11.6 Å². The Bertz CT molecular complexity index is 574. The maximum atomic E-state index is 9.57. The highest BCUT2D eigenvalue weighted by molar-refractivity contribution is 5.91. The van der Waals surface area contributed by atoms with E-state index in [2.05, 4.69) is 34.6 Å². The summed E-state index contributed by atoms with van der Waals surface area (Å²) in [7, 11) is 0. The number of para-hydroxylation sites is 1. The second-order valence-corrected chi connectivity index (χ2v) is 5.48. The molecule has 100 valence electrons. The first-order valence-corrected chi connectivity index (χ1v) is 7.03. The van der Waals surface area contributed by atoms with Crippen molar-refractivity contribution in [1.29, 1.82) is 0 Å². The van der Waals surface area contributed by atoms with Crippen molar-refractivity contribution < 1.29 is 5.11 Å². The molecule has 0 radical (unpaired) electrons. The van der Waals surface area contributed by atoms with E-state index in [1.54, 1.807) is 0 Å². The highest BCUT2D eigenvalue weighted by Crippen LogP contribution is 2.27. The van der Waals surface area contributed by atoms with Crippen molar-refractivity contribution in [2.75, 3.05) is 5.32 Å². The van der Waals surface area contributed by atoms with Gasteiger partial charge in [-0.05, 0) is 44.7 Å². The summed E-state index contributed by atoms with van der Waals surface area (Å²) in [5.41, 5.74) is 3.25. The Hall–Kier alpha value is -1.61. The first kappa shape index (κ1) is 12.4. The summed E-state index contributed by atoms with van der Waals surface area (Å²) >= 11 is 0. The molecule has 0 spiro atoms. The number of hydrogen-bond acceptors (Lipinski definition) is 3. The average Bonchev–Trinajstić information content (AvgIpc) is 2.41. The summed E-state index contributed by atoms with van der Waals surface area (Å²) < 4.78 is 0. The molecule has 0 aliphatic heterocycles. The highest BCUT2D eigenvalue weighted by Gasteiger charge is 2.19. The fourth-order valence-electron chi connectivity index (χ4n) is 2.87. The lowest BCUT2D eigenvalue weighted by atomic mass is 9.93. The van der Waals surface area contributed by atoms with E-state index in [1.807, 2.05) is 13.0 Å². The van der Waals surface area contributed by atoms with Crippen molar-refractivity contribution >= 4 is 16.6 Å². The summed E-state index contributed by atoms with van der Waals surface area (Å²) in [6, 6.07) is 10.8. The highest BCUT2D eigenvalue weighted by atomic mass is 16.3. The molecule has 3 heteroatoms. The third kappa shape index (κ3) is 2.71. The van der Waals surface area contributed by atoms with E-state index in [9.17, 15) is 5.11 Å². The number of rotatable bonds is 2. The molecular weight excluding hydrogens is 236 g/mol. The molecule has 0 saturated heterocycles. The molecule has 1 aliphatic rings. The maximum absolute atomic E-state index is 9.57. The molecule has 1 heterocycles. The number of fused-ring (bicyclic) bond motifs is 1. The van der Waals surface area contributed by atoms with Gasteiger partial charge in [0.2, 0.25) is 0 Å². The Labute approximate surface area is 113 Å². The van der Waals surface area contributed by atoms with E-state index in [-0.39, 0.29) is 6.10 Å². The van der Waals surface area contributed by atoms with Crippen LogP contribution in [0, 0.1) is 6.92 Å². The normalized spacial score (nSPS) is 23.5. The van der Waals surface area contributed by atoms with Crippen molar-refractivity contribution in [2.45, 2.75) is 44.8 Å². The van der Waals surface area contributed by atoms with E-state index in [1.165, 1.54) is 11.1 Å². The van der Waals surface area contributed by atoms with E-state index in [0.717, 1.165) is 36.9 Å². The smallest absolute Gasteiger partial charge is 0.0725 e. The lowest BCUT2D eigenvalue weighted by Gasteiger charge is -2.27. The van der Waals surface area contributed by atoms with Crippen LogP contribution in [-0.2, 0) is 0 Å². The first-order valence-electron chi connectivity index (χ1n) is 7.03. The predicted molar refractivity (Wildman–Crippen MR) is 78.4 cm³/mol. The van der Waals surface area contributed by atoms with Crippen molar-refractivity contribution in [1.82, 2.24) is 4.98 Å². The number of anilines is 1. The van der Waals surface area contributed by atoms with E-state index >= 15 is 0 Å². The van der Waals surface area contributed by atoms with Gasteiger partial charge in [-0.1, -0.05) is 18.2 Å². The molecular formula is C16H20N2O. The summed E-state index contributed by atoms with van der Waals surface area (Å²) in [4.78, 5) is 4.56. The monoisotopic (exact) mass is 256 g/mol. The van der Waals surface area contributed by atoms with Crippen LogP contribution in [0.1, 0.15) is 31.4 Å². The average molecular weight is 256 g/mol. The van der Waals surface area contributed by atoms with E-state index in [4.69, 9.17) is 0 Å². The number of benzene rings is 1. The predicted octanol–water partition coefficient (Wildman–Crippen LogP) is 3.26. The summed E-state index contributed by atoms with van der Waals surface area (Å²) in [6.07, 6.45) is 3.78. The summed E-state index contributed by atoms with van der Waals surface area (Å²) in [6.45, 7) is 2.03. The molecule has 3 nitrogen and oxygen atoms in total. The lowest BCUT2D eigenvalue weighted by molar-refractivity contribution is 0.126. The molecule has 1 fully saturated rings. The van der Waals surface area contributed by atoms with Gasteiger partial charge in [-0.3, -0.25) is 4.98 Å². The van der Waals surface area contributed by atoms with Crippen molar-refractivity contribution in [2.24, 2.45) is 0 Å². The summed E-state index contributed by atoms with van der Waals surface area (Å²) in [5, 5.41) is 14.4. The summed E-state index contributed by atoms with van der Waals surface area (Å²) in [5.74, 6) is 0. The number of aryl methyl sites for hydroxylation is 1. The molecule has 1 aromatic heterocycles.